The van der Waals surface area contributed by atoms with Gasteiger partial charge in [-0.15, -0.1) is 11.8 Å². The van der Waals surface area contributed by atoms with E-state index in [0.717, 1.165) is 32.3 Å². The summed E-state index contributed by atoms with van der Waals surface area (Å²) in [5, 5.41) is 3.06. The maximum absolute atomic E-state index is 14.5. The molecular formula is C36H41N3O4S2. The van der Waals surface area contributed by atoms with Gasteiger partial charge in [-0.1, -0.05) is 85.3 Å². The number of amides is 2. The van der Waals surface area contributed by atoms with Crippen LogP contribution in [0, 0.1) is 6.92 Å². The predicted molar refractivity (Wildman–Crippen MR) is 183 cm³/mol. The molecule has 0 spiro atoms. The molecule has 0 saturated carbocycles. The van der Waals surface area contributed by atoms with Crippen molar-refractivity contribution in [2.75, 3.05) is 17.1 Å². The summed E-state index contributed by atoms with van der Waals surface area (Å²) < 4.78 is 29.5. The monoisotopic (exact) mass is 643 g/mol. The Kier molecular flexibility index (Phi) is 11.8. The highest BCUT2D eigenvalue weighted by molar-refractivity contribution is 7.98. The average Bonchev–Trinajstić information content (AvgIpc) is 3.06. The summed E-state index contributed by atoms with van der Waals surface area (Å²) in [7, 11) is -4.15. The average molecular weight is 644 g/mol. The van der Waals surface area contributed by atoms with Gasteiger partial charge in [-0.25, -0.2) is 8.42 Å². The van der Waals surface area contributed by atoms with Crippen molar-refractivity contribution in [1.29, 1.82) is 0 Å². The van der Waals surface area contributed by atoms with Crippen molar-refractivity contribution in [3.63, 3.8) is 0 Å². The lowest BCUT2D eigenvalue weighted by Crippen LogP contribution is -2.54. The normalized spacial score (nSPS) is 12.6. The van der Waals surface area contributed by atoms with Crippen molar-refractivity contribution < 1.29 is 18.0 Å². The summed E-state index contributed by atoms with van der Waals surface area (Å²) in [6, 6.07) is 31.7. The first kappa shape index (κ1) is 33.8. The van der Waals surface area contributed by atoms with Crippen LogP contribution in [0.4, 0.5) is 5.69 Å². The summed E-state index contributed by atoms with van der Waals surface area (Å²) in [5.74, 6) is -0.765. The van der Waals surface area contributed by atoms with E-state index in [0.29, 0.717) is 5.69 Å². The Morgan fingerprint density at radius 2 is 1.40 bits per heavy atom. The Hall–Kier alpha value is -4.08. The van der Waals surface area contributed by atoms with Gasteiger partial charge in [0.1, 0.15) is 12.6 Å². The summed E-state index contributed by atoms with van der Waals surface area (Å²) in [4.78, 5) is 30.9. The first-order valence-corrected chi connectivity index (χ1v) is 17.7. The summed E-state index contributed by atoms with van der Waals surface area (Å²) in [6.07, 6.45) is 2.92. The van der Waals surface area contributed by atoms with Gasteiger partial charge in [0.2, 0.25) is 11.8 Å². The number of benzene rings is 4. The molecule has 0 bridgehead atoms. The molecule has 45 heavy (non-hydrogen) atoms. The topological polar surface area (TPSA) is 86.8 Å². The van der Waals surface area contributed by atoms with Crippen molar-refractivity contribution in [2.24, 2.45) is 0 Å². The SMILES string of the molecule is CC[C@H](C)NC(=O)[C@H](Cc1ccccc1)N(Cc1ccccc1)C(=O)CN(c1ccc(C)cc1)S(=O)(=O)c1ccc(SC)cc1. The molecule has 2 atom stereocenters. The molecular weight excluding hydrogens is 603 g/mol. The predicted octanol–water partition coefficient (Wildman–Crippen LogP) is 6.47. The Balaban J connectivity index is 1.79. The van der Waals surface area contributed by atoms with E-state index >= 15 is 0 Å². The molecule has 0 aromatic heterocycles. The minimum atomic E-state index is -4.15. The van der Waals surface area contributed by atoms with E-state index in [2.05, 4.69) is 5.32 Å². The molecule has 4 aromatic carbocycles. The molecule has 0 aliphatic rings. The zero-order valence-corrected chi connectivity index (χ0v) is 27.9. The molecule has 0 heterocycles. The molecule has 2 amide bonds. The lowest BCUT2D eigenvalue weighted by molar-refractivity contribution is -0.140. The van der Waals surface area contributed by atoms with E-state index in [1.807, 2.05) is 99.8 Å². The maximum atomic E-state index is 14.5. The van der Waals surface area contributed by atoms with Crippen LogP contribution in [-0.4, -0.2) is 50.0 Å². The third kappa shape index (κ3) is 8.99. The summed E-state index contributed by atoms with van der Waals surface area (Å²) in [5.41, 5.74) is 3.05. The minimum absolute atomic E-state index is 0.0821. The fourth-order valence-corrected chi connectivity index (χ4v) is 6.71. The van der Waals surface area contributed by atoms with Gasteiger partial charge in [0.25, 0.3) is 10.0 Å². The number of hydrogen-bond donors (Lipinski definition) is 1. The van der Waals surface area contributed by atoms with Crippen LogP contribution in [0.1, 0.15) is 37.0 Å². The smallest absolute Gasteiger partial charge is 0.264 e. The number of sulfonamides is 1. The number of nitrogens with one attached hydrogen (secondary N) is 1. The van der Waals surface area contributed by atoms with Gasteiger partial charge in [0, 0.05) is 23.9 Å². The zero-order valence-electron chi connectivity index (χ0n) is 26.2. The van der Waals surface area contributed by atoms with Gasteiger partial charge >= 0.3 is 0 Å². The van der Waals surface area contributed by atoms with Crippen LogP contribution in [0.25, 0.3) is 0 Å². The molecule has 9 heteroatoms. The van der Waals surface area contributed by atoms with Gasteiger partial charge in [-0.2, -0.15) is 0 Å². The third-order valence-corrected chi connectivity index (χ3v) is 10.2. The molecule has 0 aliphatic carbocycles. The van der Waals surface area contributed by atoms with Crippen LogP contribution >= 0.6 is 11.8 Å². The largest absolute Gasteiger partial charge is 0.352 e. The highest BCUT2D eigenvalue weighted by Crippen LogP contribution is 2.27. The molecule has 4 rings (SSSR count). The lowest BCUT2D eigenvalue weighted by Gasteiger charge is -2.34. The standard InChI is InChI=1S/C36H41N3O4S2/c1-5-28(3)37-36(41)34(24-29-12-8-6-9-13-29)38(25-30-14-10-7-11-15-30)35(40)26-39(31-18-16-27(2)17-19-31)45(42,43)33-22-20-32(44-4)21-23-33/h6-23,28,34H,5,24-26H2,1-4H3,(H,37,41)/t28-,34-/m0/s1. The van der Waals surface area contributed by atoms with E-state index in [-0.39, 0.29) is 29.8 Å². The van der Waals surface area contributed by atoms with Gasteiger partial charge in [0.05, 0.1) is 10.6 Å². The fourth-order valence-electron chi connectivity index (χ4n) is 4.89. The second kappa shape index (κ2) is 15.8. The van der Waals surface area contributed by atoms with Crippen LogP contribution in [0.2, 0.25) is 0 Å². The molecule has 0 unspecified atom stereocenters. The van der Waals surface area contributed by atoms with Crippen LogP contribution in [0.15, 0.2) is 119 Å². The van der Waals surface area contributed by atoms with Crippen LogP contribution in [0.5, 0.6) is 0 Å². The molecule has 0 radical (unpaired) electrons. The van der Waals surface area contributed by atoms with Gasteiger partial charge in [0.15, 0.2) is 0 Å². The van der Waals surface area contributed by atoms with Gasteiger partial charge in [-0.3, -0.25) is 13.9 Å². The van der Waals surface area contributed by atoms with Crippen molar-refractivity contribution in [2.45, 2.75) is 62.0 Å². The first-order chi connectivity index (χ1) is 21.6. The van der Waals surface area contributed by atoms with E-state index in [1.165, 1.54) is 16.7 Å². The Bertz CT molecular complexity index is 1650. The van der Waals surface area contributed by atoms with Crippen molar-refractivity contribution in [3.05, 3.63) is 126 Å². The Labute approximate surface area is 271 Å². The number of aryl methyl sites for hydroxylation is 1. The zero-order chi connectivity index (χ0) is 32.4. The molecule has 4 aromatic rings. The van der Waals surface area contributed by atoms with E-state index < -0.39 is 28.5 Å². The van der Waals surface area contributed by atoms with Gasteiger partial charge in [-0.05, 0) is 74.0 Å². The number of nitrogens with zero attached hydrogens (tertiary/aromatic N) is 2. The van der Waals surface area contributed by atoms with Crippen LogP contribution in [0.3, 0.4) is 0 Å². The Morgan fingerprint density at radius 3 is 1.96 bits per heavy atom. The molecule has 7 nitrogen and oxygen atoms in total. The third-order valence-electron chi connectivity index (χ3n) is 7.72. The number of anilines is 1. The Morgan fingerprint density at radius 1 is 0.822 bits per heavy atom. The minimum Gasteiger partial charge on any atom is -0.352 e. The number of carbonyl (C=O) groups is 2. The van der Waals surface area contributed by atoms with Crippen molar-refractivity contribution in [3.8, 4) is 0 Å². The molecule has 0 saturated heterocycles. The van der Waals surface area contributed by atoms with Crippen molar-refractivity contribution >= 4 is 39.3 Å². The first-order valence-electron chi connectivity index (χ1n) is 15.0. The van der Waals surface area contributed by atoms with E-state index in [4.69, 9.17) is 0 Å². The number of hydrogen-bond acceptors (Lipinski definition) is 5. The maximum Gasteiger partial charge on any atom is 0.264 e. The second-order valence-electron chi connectivity index (χ2n) is 11.1. The second-order valence-corrected chi connectivity index (χ2v) is 13.8. The van der Waals surface area contributed by atoms with E-state index in [1.54, 1.807) is 36.4 Å². The summed E-state index contributed by atoms with van der Waals surface area (Å²) in [6.45, 7) is 5.48. The lowest BCUT2D eigenvalue weighted by atomic mass is 10.0. The number of rotatable bonds is 14. The van der Waals surface area contributed by atoms with Crippen LogP contribution < -0.4 is 9.62 Å². The van der Waals surface area contributed by atoms with Crippen molar-refractivity contribution in [1.82, 2.24) is 10.2 Å². The number of thioether (sulfide) groups is 1. The quantitative estimate of drug-likeness (QED) is 0.159. The summed E-state index contributed by atoms with van der Waals surface area (Å²) >= 11 is 1.51. The molecule has 236 valence electrons. The van der Waals surface area contributed by atoms with E-state index in [9.17, 15) is 18.0 Å². The highest BCUT2D eigenvalue weighted by Gasteiger charge is 2.35. The van der Waals surface area contributed by atoms with Crippen LogP contribution in [-0.2, 0) is 32.6 Å². The molecule has 1 N–H and O–H groups in total. The fraction of sp³-hybridized carbons (Fsp3) is 0.278. The molecule has 0 aliphatic heterocycles. The van der Waals surface area contributed by atoms with Gasteiger partial charge < -0.3 is 10.2 Å². The highest BCUT2D eigenvalue weighted by atomic mass is 32.2. The number of carbonyl (C=O) groups excluding carboxylic acids is 2. The molecule has 0 fully saturated rings.